The number of ether oxygens (including phenoxy) is 2. The molecule has 4 aromatic rings. The Morgan fingerprint density at radius 2 is 1.59 bits per heavy atom. The molecule has 0 aliphatic carbocycles. The van der Waals surface area contributed by atoms with Gasteiger partial charge < -0.3 is 14.4 Å². The van der Waals surface area contributed by atoms with Crippen LogP contribution in [0.4, 0.5) is 5.69 Å². The first-order chi connectivity index (χ1) is 16.4. The number of fused-ring (bicyclic) bond motifs is 1. The summed E-state index contributed by atoms with van der Waals surface area (Å²) in [5.74, 6) is 0.799. The van der Waals surface area contributed by atoms with Crippen molar-refractivity contribution in [2.75, 3.05) is 25.1 Å². The molecule has 4 nitrogen and oxygen atoms in total. The third kappa shape index (κ3) is 4.34. The van der Waals surface area contributed by atoms with Crippen LogP contribution in [0.25, 0.3) is 33.2 Å². The number of anilines is 1. The number of hydrogen-bond donors (Lipinski definition) is 0. The minimum Gasteiger partial charge on any atom is -0.495 e. The number of benzene rings is 3. The number of aromatic nitrogens is 1. The zero-order valence-electron chi connectivity index (χ0n) is 19.4. The quantitative estimate of drug-likeness (QED) is 0.295. The molecular formula is C28H26Cl2N2O2. The van der Waals surface area contributed by atoms with E-state index in [4.69, 9.17) is 37.7 Å². The van der Waals surface area contributed by atoms with Gasteiger partial charge in [0, 0.05) is 41.5 Å². The number of methoxy groups -OCH3 is 1. The highest BCUT2D eigenvalue weighted by Gasteiger charge is 2.22. The summed E-state index contributed by atoms with van der Waals surface area (Å²) < 4.78 is 11.8. The molecule has 0 bridgehead atoms. The zero-order valence-corrected chi connectivity index (χ0v) is 20.9. The number of halogens is 2. The summed E-state index contributed by atoms with van der Waals surface area (Å²) in [5.41, 5.74) is 6.00. The lowest BCUT2D eigenvalue weighted by Crippen LogP contribution is -2.45. The average molecular weight is 493 g/mol. The van der Waals surface area contributed by atoms with Crippen LogP contribution in [0.1, 0.15) is 13.8 Å². The summed E-state index contributed by atoms with van der Waals surface area (Å²) in [6, 6.07) is 20.3. The molecule has 174 valence electrons. The molecule has 0 spiro atoms. The van der Waals surface area contributed by atoms with Crippen molar-refractivity contribution in [2.45, 2.75) is 26.1 Å². The van der Waals surface area contributed by atoms with Crippen LogP contribution >= 0.6 is 23.2 Å². The van der Waals surface area contributed by atoms with Crippen molar-refractivity contribution in [3.63, 3.8) is 0 Å². The van der Waals surface area contributed by atoms with E-state index in [1.807, 2.05) is 36.5 Å². The molecule has 1 aliphatic heterocycles. The predicted octanol–water partition coefficient (Wildman–Crippen LogP) is 7.50. The minimum atomic E-state index is 0.220. The monoisotopic (exact) mass is 492 g/mol. The highest BCUT2D eigenvalue weighted by molar-refractivity contribution is 6.42. The third-order valence-corrected chi connectivity index (χ3v) is 6.98. The summed E-state index contributed by atoms with van der Waals surface area (Å²) in [5, 5.41) is 2.00. The van der Waals surface area contributed by atoms with Crippen molar-refractivity contribution in [3.05, 3.63) is 76.9 Å². The Bertz CT molecular complexity index is 1330. The second-order valence-corrected chi connectivity index (χ2v) is 9.56. The Kier molecular flexibility index (Phi) is 6.39. The number of nitrogens with zero attached hydrogens (tertiary/aromatic N) is 2. The SMILES string of the molecule is COc1c(-c2ccc(N3C[C@@H](C)O[C@@H](C)C3)cc2)cnc2c(-c3ccc(Cl)c(Cl)c3)cccc12. The van der Waals surface area contributed by atoms with Crippen molar-refractivity contribution < 1.29 is 9.47 Å². The van der Waals surface area contributed by atoms with Gasteiger partial charge in [-0.25, -0.2) is 0 Å². The number of para-hydroxylation sites is 1. The molecule has 2 heterocycles. The van der Waals surface area contributed by atoms with E-state index in [-0.39, 0.29) is 12.2 Å². The van der Waals surface area contributed by atoms with E-state index in [1.54, 1.807) is 13.2 Å². The van der Waals surface area contributed by atoms with E-state index >= 15 is 0 Å². The maximum atomic E-state index is 6.28. The van der Waals surface area contributed by atoms with Crippen LogP contribution in [0.2, 0.25) is 10.0 Å². The molecule has 0 saturated carbocycles. The van der Waals surface area contributed by atoms with Crippen LogP contribution in [0.5, 0.6) is 5.75 Å². The van der Waals surface area contributed by atoms with Crippen LogP contribution in [0.15, 0.2) is 66.9 Å². The molecule has 6 heteroatoms. The fourth-order valence-corrected chi connectivity index (χ4v) is 5.06. The van der Waals surface area contributed by atoms with E-state index in [2.05, 4.69) is 43.0 Å². The second kappa shape index (κ2) is 9.46. The van der Waals surface area contributed by atoms with Gasteiger partial charge in [0.1, 0.15) is 5.75 Å². The predicted molar refractivity (Wildman–Crippen MR) is 141 cm³/mol. The third-order valence-electron chi connectivity index (χ3n) is 6.25. The second-order valence-electron chi connectivity index (χ2n) is 8.74. The van der Waals surface area contributed by atoms with Crippen molar-refractivity contribution in [1.29, 1.82) is 0 Å². The van der Waals surface area contributed by atoms with Crippen molar-refractivity contribution in [2.24, 2.45) is 0 Å². The zero-order chi connectivity index (χ0) is 23.8. The van der Waals surface area contributed by atoms with E-state index < -0.39 is 0 Å². The molecule has 1 aliphatic rings. The first-order valence-electron chi connectivity index (χ1n) is 11.4. The van der Waals surface area contributed by atoms with E-state index in [0.29, 0.717) is 10.0 Å². The first kappa shape index (κ1) is 23.0. The Balaban J connectivity index is 1.54. The van der Waals surface area contributed by atoms with Crippen LogP contribution in [0, 0.1) is 0 Å². The van der Waals surface area contributed by atoms with Crippen LogP contribution in [-0.4, -0.2) is 37.4 Å². The highest BCUT2D eigenvalue weighted by atomic mass is 35.5. The van der Waals surface area contributed by atoms with Gasteiger partial charge in [0.2, 0.25) is 0 Å². The number of morpholine rings is 1. The molecule has 2 atom stereocenters. The fraction of sp³-hybridized carbons (Fsp3) is 0.250. The van der Waals surface area contributed by atoms with Gasteiger partial charge in [0.25, 0.3) is 0 Å². The largest absolute Gasteiger partial charge is 0.495 e. The maximum Gasteiger partial charge on any atom is 0.137 e. The number of pyridine rings is 1. The van der Waals surface area contributed by atoms with Gasteiger partial charge in [-0.05, 0) is 55.3 Å². The Morgan fingerprint density at radius 3 is 2.26 bits per heavy atom. The number of hydrogen-bond acceptors (Lipinski definition) is 4. The lowest BCUT2D eigenvalue weighted by atomic mass is 9.98. The lowest BCUT2D eigenvalue weighted by Gasteiger charge is -2.36. The summed E-state index contributed by atoms with van der Waals surface area (Å²) in [7, 11) is 1.70. The average Bonchev–Trinajstić information content (AvgIpc) is 2.84. The van der Waals surface area contributed by atoms with E-state index in [0.717, 1.165) is 52.0 Å². The molecular weight excluding hydrogens is 467 g/mol. The van der Waals surface area contributed by atoms with Gasteiger partial charge in [-0.15, -0.1) is 0 Å². The molecule has 0 amide bonds. The van der Waals surface area contributed by atoms with Gasteiger partial charge in [-0.2, -0.15) is 0 Å². The van der Waals surface area contributed by atoms with Gasteiger partial charge in [0.15, 0.2) is 0 Å². The molecule has 1 aromatic heterocycles. The molecule has 1 fully saturated rings. The lowest BCUT2D eigenvalue weighted by molar-refractivity contribution is -0.00521. The van der Waals surface area contributed by atoms with Crippen LogP contribution in [-0.2, 0) is 4.74 Å². The molecule has 5 rings (SSSR count). The van der Waals surface area contributed by atoms with Crippen molar-refractivity contribution in [1.82, 2.24) is 4.98 Å². The smallest absolute Gasteiger partial charge is 0.137 e. The fourth-order valence-electron chi connectivity index (χ4n) is 4.76. The topological polar surface area (TPSA) is 34.6 Å². The van der Waals surface area contributed by atoms with Crippen molar-refractivity contribution >= 4 is 39.8 Å². The van der Waals surface area contributed by atoms with Gasteiger partial charge in [-0.3, -0.25) is 4.98 Å². The minimum absolute atomic E-state index is 0.220. The standard InChI is InChI=1S/C28H26Cl2N2O2/c1-17-15-32(16-18(2)34-17)21-10-7-19(8-11-21)24-14-31-27-22(5-4-6-23(27)28(24)33-3)20-9-12-25(29)26(30)13-20/h4-14,17-18H,15-16H2,1-3H3/t17-,18+. The molecule has 0 N–H and O–H groups in total. The summed E-state index contributed by atoms with van der Waals surface area (Å²) in [6.45, 7) is 6.02. The van der Waals surface area contributed by atoms with Crippen LogP contribution < -0.4 is 9.64 Å². The molecule has 0 unspecified atom stereocenters. The first-order valence-corrected chi connectivity index (χ1v) is 12.1. The number of rotatable bonds is 4. The van der Waals surface area contributed by atoms with Crippen LogP contribution in [0.3, 0.4) is 0 Å². The Hall–Kier alpha value is -2.79. The van der Waals surface area contributed by atoms with E-state index in [9.17, 15) is 0 Å². The highest BCUT2D eigenvalue weighted by Crippen LogP contribution is 2.40. The van der Waals surface area contributed by atoms with Crippen molar-refractivity contribution in [3.8, 4) is 28.0 Å². The molecule has 34 heavy (non-hydrogen) atoms. The van der Waals surface area contributed by atoms with E-state index in [1.165, 1.54) is 5.69 Å². The van der Waals surface area contributed by atoms with Gasteiger partial charge >= 0.3 is 0 Å². The Labute approximate surface area is 210 Å². The maximum absolute atomic E-state index is 6.28. The summed E-state index contributed by atoms with van der Waals surface area (Å²) in [4.78, 5) is 7.22. The Morgan fingerprint density at radius 1 is 0.882 bits per heavy atom. The molecule has 1 saturated heterocycles. The normalized spacial score (nSPS) is 18.3. The molecule has 0 radical (unpaired) electrons. The summed E-state index contributed by atoms with van der Waals surface area (Å²) >= 11 is 12.4. The molecule has 3 aromatic carbocycles. The van der Waals surface area contributed by atoms with Gasteiger partial charge in [0.05, 0.1) is 34.9 Å². The van der Waals surface area contributed by atoms with Gasteiger partial charge in [-0.1, -0.05) is 53.5 Å². The summed E-state index contributed by atoms with van der Waals surface area (Å²) in [6.07, 6.45) is 2.33.